The summed E-state index contributed by atoms with van der Waals surface area (Å²) in [4.78, 5) is 8.70. The monoisotopic (exact) mass is 422 g/mol. The van der Waals surface area contributed by atoms with Crippen molar-refractivity contribution >= 4 is 28.5 Å². The van der Waals surface area contributed by atoms with Gasteiger partial charge in [0, 0.05) is 33.4 Å². The number of aromatic hydroxyl groups is 1. The molecule has 0 atom stereocenters. The molecule has 0 aliphatic rings. The quantitative estimate of drug-likeness (QED) is 0.459. The molecule has 0 saturated heterocycles. The van der Waals surface area contributed by atoms with Crippen molar-refractivity contribution in [2.45, 2.75) is 13.8 Å². The van der Waals surface area contributed by atoms with Crippen LogP contribution in [0, 0.1) is 13.8 Å². The Hall–Kier alpha value is -3.58. The fourth-order valence-corrected chi connectivity index (χ4v) is 3.27. The first kappa shape index (κ1) is 19.7. The van der Waals surface area contributed by atoms with Crippen molar-refractivity contribution in [3.8, 4) is 22.8 Å². The summed E-state index contributed by atoms with van der Waals surface area (Å²) in [5.41, 5.74) is 5.92. The van der Waals surface area contributed by atoms with Gasteiger partial charge in [0.25, 0.3) is 0 Å². The summed E-state index contributed by atoms with van der Waals surface area (Å²) in [6.07, 6.45) is 0. The van der Waals surface area contributed by atoms with Crippen LogP contribution in [0.3, 0.4) is 0 Å². The van der Waals surface area contributed by atoms with Crippen LogP contribution >= 0.6 is 11.6 Å². The molecule has 0 unspecified atom stereocenters. The lowest BCUT2D eigenvalue weighted by atomic mass is 10.1. The zero-order chi connectivity index (χ0) is 21.3. The minimum absolute atomic E-state index is 0.0485. The molecule has 152 valence electrons. The number of phenols is 1. The highest BCUT2D eigenvalue weighted by Gasteiger charge is 2.10. The Labute approximate surface area is 177 Å². The number of aryl methyl sites for hydroxylation is 2. The van der Waals surface area contributed by atoms with Gasteiger partial charge in [-0.15, -0.1) is 0 Å². The molecular weight excluding hydrogens is 404 g/mol. The van der Waals surface area contributed by atoms with Crippen molar-refractivity contribution in [1.29, 1.82) is 0 Å². The number of rotatable bonds is 4. The highest BCUT2D eigenvalue weighted by molar-refractivity contribution is 6.31. The van der Waals surface area contributed by atoms with Crippen molar-refractivity contribution in [3.05, 3.63) is 70.3 Å². The summed E-state index contributed by atoms with van der Waals surface area (Å²) in [5.74, 6) is 1.34. The summed E-state index contributed by atoms with van der Waals surface area (Å²) >= 11 is 6.19. The first-order valence-corrected chi connectivity index (χ1v) is 9.53. The minimum Gasteiger partial charge on any atom is -0.504 e. The number of fused-ring (bicyclic) bond motifs is 1. The van der Waals surface area contributed by atoms with Gasteiger partial charge in [-0.05, 0) is 56.3 Å². The highest BCUT2D eigenvalue weighted by Crippen LogP contribution is 2.32. The molecule has 2 heterocycles. The lowest BCUT2D eigenvalue weighted by Crippen LogP contribution is -2.09. The van der Waals surface area contributed by atoms with Crippen LogP contribution < -0.4 is 15.5 Å². The second-order valence-electron chi connectivity index (χ2n) is 6.72. The molecule has 0 amide bonds. The smallest absolute Gasteiger partial charge is 0.243 e. The van der Waals surface area contributed by atoms with Crippen LogP contribution in [-0.2, 0) is 0 Å². The van der Waals surface area contributed by atoms with Gasteiger partial charge in [0.2, 0.25) is 5.95 Å². The zero-order valence-electron chi connectivity index (χ0n) is 16.6. The first-order chi connectivity index (χ1) is 14.4. The topological polar surface area (TPSA) is 92.8 Å². The van der Waals surface area contributed by atoms with Gasteiger partial charge < -0.3 is 14.3 Å². The maximum atomic E-state index is 9.88. The minimum atomic E-state index is 0.0485. The molecule has 0 aliphatic carbocycles. The number of aromatic nitrogens is 2. The third-order valence-electron chi connectivity index (χ3n) is 4.43. The normalized spacial score (nSPS) is 11.7. The van der Waals surface area contributed by atoms with Crippen LogP contribution in [0.15, 0.2) is 58.0 Å². The van der Waals surface area contributed by atoms with Crippen LogP contribution in [0.25, 0.3) is 22.3 Å². The molecule has 0 radical (unpaired) electrons. The number of ether oxygens (including phenoxy) is 1. The summed E-state index contributed by atoms with van der Waals surface area (Å²) < 4.78 is 11.3. The number of phenolic OH excluding ortho intramolecular Hbond substituents is 1. The van der Waals surface area contributed by atoms with Crippen molar-refractivity contribution in [2.75, 3.05) is 12.5 Å². The van der Waals surface area contributed by atoms with E-state index < -0.39 is 0 Å². The van der Waals surface area contributed by atoms with E-state index in [1.165, 1.54) is 7.11 Å². The summed E-state index contributed by atoms with van der Waals surface area (Å²) in [6.45, 7) is 3.79. The van der Waals surface area contributed by atoms with Crippen LogP contribution in [-0.4, -0.2) is 22.2 Å². The summed E-state index contributed by atoms with van der Waals surface area (Å²) in [7, 11) is 1.49. The van der Waals surface area contributed by atoms with Gasteiger partial charge in [-0.3, -0.25) is 0 Å². The van der Waals surface area contributed by atoms with E-state index in [4.69, 9.17) is 20.8 Å². The molecule has 0 fully saturated rings. The van der Waals surface area contributed by atoms with Gasteiger partial charge in [-0.25, -0.2) is 15.4 Å². The molecule has 30 heavy (non-hydrogen) atoms. The maximum absolute atomic E-state index is 9.88. The van der Waals surface area contributed by atoms with Crippen molar-refractivity contribution in [3.63, 3.8) is 0 Å². The zero-order valence-corrected chi connectivity index (χ0v) is 17.4. The lowest BCUT2D eigenvalue weighted by Gasteiger charge is -2.08. The number of nitrogens with one attached hydrogen (secondary N) is 1. The Morgan fingerprint density at radius 1 is 1.03 bits per heavy atom. The largest absolute Gasteiger partial charge is 0.504 e. The van der Waals surface area contributed by atoms with E-state index in [0.29, 0.717) is 33.4 Å². The third-order valence-corrected chi connectivity index (χ3v) is 4.66. The molecule has 8 heteroatoms. The number of nitrogens with zero attached hydrogens (tertiary/aromatic N) is 3. The molecular formula is C22H19ClN4O3. The first-order valence-electron chi connectivity index (χ1n) is 9.16. The molecule has 2 aromatic carbocycles. The summed E-state index contributed by atoms with van der Waals surface area (Å²) in [5, 5.41) is 16.3. The fourth-order valence-electron chi connectivity index (χ4n) is 3.09. The average Bonchev–Trinajstić information content (AvgIpc) is 2.71. The SMILES string of the molecule is COc1cc(-c2cc(=NNc3nc(C)cc(C)n3)c3cc(Cl)ccc3o2)ccc1O. The van der Waals surface area contributed by atoms with Gasteiger partial charge in [-0.1, -0.05) is 11.6 Å². The standard InChI is InChI=1S/C22H19ClN4O3/c1-12-8-13(2)25-22(24-12)27-26-17-11-20(14-4-6-18(28)21(9-14)29-3)30-19-7-5-15(23)10-16(17)19/h4-11,28H,1-3H3,(H,24,25,27). The number of hydrogen-bond donors (Lipinski definition) is 2. The number of methoxy groups -OCH3 is 1. The number of halogens is 1. The third kappa shape index (κ3) is 4.06. The van der Waals surface area contributed by atoms with Crippen LogP contribution in [0.2, 0.25) is 5.02 Å². The van der Waals surface area contributed by atoms with E-state index in [0.717, 1.165) is 22.3 Å². The molecule has 2 aromatic heterocycles. The fraction of sp³-hybridized carbons (Fsp3) is 0.136. The second-order valence-corrected chi connectivity index (χ2v) is 7.16. The van der Waals surface area contributed by atoms with Gasteiger partial charge in [0.1, 0.15) is 11.3 Å². The molecule has 4 aromatic rings. The average molecular weight is 423 g/mol. The molecule has 0 spiro atoms. The van der Waals surface area contributed by atoms with E-state index in [-0.39, 0.29) is 5.75 Å². The molecule has 4 rings (SSSR count). The number of benzene rings is 2. The lowest BCUT2D eigenvalue weighted by molar-refractivity contribution is 0.373. The second kappa shape index (κ2) is 8.04. The van der Waals surface area contributed by atoms with Crippen LogP contribution in [0.1, 0.15) is 11.4 Å². The Morgan fingerprint density at radius 2 is 1.80 bits per heavy atom. The molecule has 0 saturated carbocycles. The van der Waals surface area contributed by atoms with Crippen LogP contribution in [0.4, 0.5) is 5.95 Å². The molecule has 0 bridgehead atoms. The van der Waals surface area contributed by atoms with Gasteiger partial charge >= 0.3 is 0 Å². The molecule has 2 N–H and O–H groups in total. The van der Waals surface area contributed by atoms with Crippen molar-refractivity contribution in [1.82, 2.24) is 9.97 Å². The predicted molar refractivity (Wildman–Crippen MR) is 116 cm³/mol. The number of anilines is 1. The Morgan fingerprint density at radius 3 is 2.53 bits per heavy atom. The Kier molecular flexibility index (Phi) is 5.29. The van der Waals surface area contributed by atoms with E-state index in [2.05, 4.69) is 20.5 Å². The van der Waals surface area contributed by atoms with Crippen molar-refractivity contribution < 1.29 is 14.3 Å². The number of hydrogen-bond acceptors (Lipinski definition) is 7. The van der Waals surface area contributed by atoms with E-state index in [9.17, 15) is 5.11 Å². The Balaban J connectivity index is 1.87. The van der Waals surface area contributed by atoms with E-state index >= 15 is 0 Å². The maximum Gasteiger partial charge on any atom is 0.243 e. The molecule has 7 nitrogen and oxygen atoms in total. The highest BCUT2D eigenvalue weighted by atomic mass is 35.5. The van der Waals surface area contributed by atoms with E-state index in [1.807, 2.05) is 19.9 Å². The van der Waals surface area contributed by atoms with Gasteiger partial charge in [-0.2, -0.15) is 5.10 Å². The molecule has 0 aliphatic heterocycles. The predicted octanol–water partition coefficient (Wildman–Crippen LogP) is 4.80. The van der Waals surface area contributed by atoms with E-state index in [1.54, 1.807) is 42.5 Å². The van der Waals surface area contributed by atoms with Gasteiger partial charge in [0.05, 0.1) is 12.5 Å². The van der Waals surface area contributed by atoms with Crippen molar-refractivity contribution in [2.24, 2.45) is 5.10 Å². The Bertz CT molecular complexity index is 1300. The van der Waals surface area contributed by atoms with Gasteiger partial charge in [0.15, 0.2) is 11.5 Å². The summed E-state index contributed by atoms with van der Waals surface area (Å²) in [6, 6.07) is 14.0. The van der Waals surface area contributed by atoms with Crippen LogP contribution in [0.5, 0.6) is 11.5 Å².